The van der Waals surface area contributed by atoms with Gasteiger partial charge in [0.25, 0.3) is 0 Å². The molecule has 2 rings (SSSR count). The van der Waals surface area contributed by atoms with E-state index in [1.165, 1.54) is 0 Å². The molecule has 2 aromatic carbocycles. The first-order valence-electron chi connectivity index (χ1n) is 7.99. The maximum absolute atomic E-state index is 12.3. The van der Waals surface area contributed by atoms with Crippen LogP contribution in [0.1, 0.15) is 37.5 Å². The normalized spacial score (nSPS) is 13.0. The van der Waals surface area contributed by atoms with E-state index in [0.29, 0.717) is 5.05 Å². The smallest absolute Gasteiger partial charge is 0.191 e. The fourth-order valence-electron chi connectivity index (χ4n) is 2.42. The standard InChI is InChI=1S/C20H23NO2S2/c1-14-9-8-10-15(13-21-25(22)20(2,3)4)18(14)16-11-6-7-12-17(16)19(24)23-5/h6-13H,1-5H3/b21-13+. The van der Waals surface area contributed by atoms with Crippen molar-refractivity contribution in [3.8, 4) is 11.1 Å². The molecular weight excluding hydrogens is 350 g/mol. The highest BCUT2D eigenvalue weighted by Gasteiger charge is 2.19. The lowest BCUT2D eigenvalue weighted by atomic mass is 9.92. The van der Waals surface area contributed by atoms with Gasteiger partial charge in [-0.3, -0.25) is 0 Å². The quantitative estimate of drug-likeness (QED) is 0.567. The van der Waals surface area contributed by atoms with Gasteiger partial charge < -0.3 is 4.74 Å². The molecule has 0 saturated heterocycles. The van der Waals surface area contributed by atoms with Crippen molar-refractivity contribution >= 4 is 34.5 Å². The number of methoxy groups -OCH3 is 1. The van der Waals surface area contributed by atoms with Crippen molar-refractivity contribution < 1.29 is 8.95 Å². The summed E-state index contributed by atoms with van der Waals surface area (Å²) in [6.07, 6.45) is 1.69. The summed E-state index contributed by atoms with van der Waals surface area (Å²) in [6, 6.07) is 13.8. The maximum atomic E-state index is 12.3. The Morgan fingerprint density at radius 3 is 2.48 bits per heavy atom. The van der Waals surface area contributed by atoms with Gasteiger partial charge in [-0.15, -0.1) is 0 Å². The van der Waals surface area contributed by atoms with Crippen LogP contribution in [0.3, 0.4) is 0 Å². The van der Waals surface area contributed by atoms with Gasteiger partial charge in [0.2, 0.25) is 0 Å². The molecule has 0 aliphatic rings. The lowest BCUT2D eigenvalue weighted by Crippen LogP contribution is -2.19. The van der Waals surface area contributed by atoms with E-state index in [0.717, 1.165) is 27.8 Å². The SMILES string of the molecule is COC(=S)c1ccccc1-c1c(C)cccc1/C=N/S(=O)C(C)(C)C. The van der Waals surface area contributed by atoms with E-state index in [1.54, 1.807) is 13.3 Å². The average Bonchev–Trinajstić information content (AvgIpc) is 2.58. The predicted molar refractivity (Wildman–Crippen MR) is 111 cm³/mol. The Bertz CT molecular complexity index is 836. The number of rotatable bonds is 4. The minimum Gasteiger partial charge on any atom is -0.486 e. The van der Waals surface area contributed by atoms with E-state index < -0.39 is 15.7 Å². The van der Waals surface area contributed by atoms with Gasteiger partial charge >= 0.3 is 0 Å². The molecule has 1 atom stereocenters. The molecule has 2 aromatic rings. The molecule has 0 aromatic heterocycles. The van der Waals surface area contributed by atoms with E-state index in [2.05, 4.69) is 4.40 Å². The lowest BCUT2D eigenvalue weighted by Gasteiger charge is -2.16. The van der Waals surface area contributed by atoms with Crippen LogP contribution >= 0.6 is 12.2 Å². The molecule has 0 saturated carbocycles. The zero-order valence-electron chi connectivity index (χ0n) is 15.2. The third-order valence-corrected chi connectivity index (χ3v) is 5.45. The Morgan fingerprint density at radius 2 is 1.84 bits per heavy atom. The summed E-state index contributed by atoms with van der Waals surface area (Å²) in [4.78, 5) is 0. The molecule has 0 radical (unpaired) electrons. The maximum Gasteiger partial charge on any atom is 0.191 e. The monoisotopic (exact) mass is 373 g/mol. The Hall–Kier alpha value is -1.85. The van der Waals surface area contributed by atoms with Gasteiger partial charge in [0.05, 0.1) is 11.9 Å². The van der Waals surface area contributed by atoms with Crippen LogP contribution in [0.25, 0.3) is 11.1 Å². The number of nitrogens with zero attached hydrogens (tertiary/aromatic N) is 1. The van der Waals surface area contributed by atoms with Crippen LogP contribution in [0, 0.1) is 6.92 Å². The number of hydrogen-bond donors (Lipinski definition) is 0. The van der Waals surface area contributed by atoms with Crippen molar-refractivity contribution in [3.05, 3.63) is 59.2 Å². The molecule has 0 N–H and O–H groups in total. The molecule has 1 unspecified atom stereocenters. The van der Waals surface area contributed by atoms with Crippen molar-refractivity contribution in [3.63, 3.8) is 0 Å². The van der Waals surface area contributed by atoms with Crippen LogP contribution < -0.4 is 0 Å². The highest BCUT2D eigenvalue weighted by atomic mass is 32.2. The number of ether oxygens (including phenoxy) is 1. The van der Waals surface area contributed by atoms with Crippen molar-refractivity contribution in [1.82, 2.24) is 0 Å². The average molecular weight is 374 g/mol. The molecule has 0 spiro atoms. The van der Waals surface area contributed by atoms with Crippen LogP contribution in [-0.4, -0.2) is 27.3 Å². The Kier molecular flexibility index (Phi) is 6.25. The van der Waals surface area contributed by atoms with Gasteiger partial charge in [0.1, 0.15) is 11.0 Å². The number of benzene rings is 2. The minimum absolute atomic E-state index is 0.393. The van der Waals surface area contributed by atoms with E-state index in [1.807, 2.05) is 70.2 Å². The summed E-state index contributed by atoms with van der Waals surface area (Å²) in [5.41, 5.74) is 4.87. The molecule has 3 nitrogen and oxygen atoms in total. The van der Waals surface area contributed by atoms with Crippen LogP contribution in [0.5, 0.6) is 0 Å². The number of aryl methyl sites for hydroxylation is 1. The summed E-state index contributed by atoms with van der Waals surface area (Å²) in [5, 5.41) is 0.444. The molecular formula is C20H23NO2S2. The van der Waals surface area contributed by atoms with Gasteiger partial charge in [-0.2, -0.15) is 4.40 Å². The Labute approximate surface area is 157 Å². The summed E-state index contributed by atoms with van der Waals surface area (Å²) in [7, 11) is 0.269. The lowest BCUT2D eigenvalue weighted by molar-refractivity contribution is 0.416. The van der Waals surface area contributed by atoms with Gasteiger partial charge in [-0.1, -0.05) is 36.4 Å². The predicted octanol–water partition coefficient (Wildman–Crippen LogP) is 4.87. The third-order valence-electron chi connectivity index (χ3n) is 3.72. The molecule has 0 amide bonds. The summed E-state index contributed by atoms with van der Waals surface area (Å²) in [6.45, 7) is 7.76. The zero-order valence-corrected chi connectivity index (χ0v) is 16.8. The Morgan fingerprint density at radius 1 is 1.16 bits per heavy atom. The fourth-order valence-corrected chi connectivity index (χ4v) is 3.12. The van der Waals surface area contributed by atoms with Gasteiger partial charge in [0, 0.05) is 17.3 Å². The van der Waals surface area contributed by atoms with Crippen molar-refractivity contribution in [2.24, 2.45) is 4.40 Å². The second-order valence-corrected chi connectivity index (χ2v) is 8.98. The Balaban J connectivity index is 2.59. The van der Waals surface area contributed by atoms with E-state index in [-0.39, 0.29) is 0 Å². The second-order valence-electron chi connectivity index (χ2n) is 6.67. The van der Waals surface area contributed by atoms with Crippen LogP contribution in [-0.2, 0) is 15.7 Å². The van der Waals surface area contributed by atoms with E-state index >= 15 is 0 Å². The van der Waals surface area contributed by atoms with Gasteiger partial charge in [-0.25, -0.2) is 4.21 Å². The molecule has 0 fully saturated rings. The number of hydrogen-bond acceptors (Lipinski definition) is 3. The molecule has 0 aliphatic heterocycles. The summed E-state index contributed by atoms with van der Waals surface area (Å²) in [5.74, 6) is 0. The molecule has 0 heterocycles. The first kappa shape index (κ1) is 19.5. The van der Waals surface area contributed by atoms with Crippen LogP contribution in [0.2, 0.25) is 0 Å². The van der Waals surface area contributed by atoms with E-state index in [4.69, 9.17) is 17.0 Å². The van der Waals surface area contributed by atoms with Gasteiger partial charge in [0.15, 0.2) is 5.05 Å². The minimum atomic E-state index is -1.31. The van der Waals surface area contributed by atoms with Crippen molar-refractivity contribution in [2.45, 2.75) is 32.4 Å². The number of thiocarbonyl (C=S) groups is 1. The molecule has 5 heteroatoms. The first-order chi connectivity index (χ1) is 11.8. The molecule has 25 heavy (non-hydrogen) atoms. The van der Waals surface area contributed by atoms with Gasteiger partial charge in [-0.05, 0) is 62.7 Å². The van der Waals surface area contributed by atoms with Crippen molar-refractivity contribution in [1.29, 1.82) is 0 Å². The van der Waals surface area contributed by atoms with Crippen LogP contribution in [0.4, 0.5) is 0 Å². The zero-order chi connectivity index (χ0) is 18.6. The third kappa shape index (κ3) is 4.61. The highest BCUT2D eigenvalue weighted by Crippen LogP contribution is 2.30. The van der Waals surface area contributed by atoms with E-state index in [9.17, 15) is 4.21 Å². The van der Waals surface area contributed by atoms with Crippen LogP contribution in [0.15, 0.2) is 46.9 Å². The highest BCUT2D eigenvalue weighted by molar-refractivity contribution is 7.85. The fraction of sp³-hybridized carbons (Fsp3) is 0.300. The first-order valence-corrected chi connectivity index (χ1v) is 9.50. The topological polar surface area (TPSA) is 38.7 Å². The summed E-state index contributed by atoms with van der Waals surface area (Å²) < 4.78 is 21.4. The summed E-state index contributed by atoms with van der Waals surface area (Å²) >= 11 is 5.35. The van der Waals surface area contributed by atoms with Crippen molar-refractivity contribution in [2.75, 3.05) is 7.11 Å². The largest absolute Gasteiger partial charge is 0.486 e. The molecule has 0 aliphatic carbocycles. The second kappa shape index (κ2) is 8.02. The molecule has 132 valence electrons. The molecule has 0 bridgehead atoms.